The summed E-state index contributed by atoms with van der Waals surface area (Å²) in [6, 6.07) is 15.6. The summed E-state index contributed by atoms with van der Waals surface area (Å²) in [4.78, 5) is 23.2. The van der Waals surface area contributed by atoms with Crippen LogP contribution in [0.1, 0.15) is 25.2 Å². The summed E-state index contributed by atoms with van der Waals surface area (Å²) >= 11 is 0. The molecule has 1 aliphatic heterocycles. The zero-order chi connectivity index (χ0) is 19.1. The Bertz CT molecular complexity index is 1150. The lowest BCUT2D eigenvalue weighted by Crippen LogP contribution is -2.24. The third kappa shape index (κ3) is 2.76. The number of aryl methyl sites for hydroxylation is 1. The van der Waals surface area contributed by atoms with Gasteiger partial charge in [-0.15, -0.1) is 0 Å². The van der Waals surface area contributed by atoms with Crippen molar-refractivity contribution in [3.63, 3.8) is 0 Å². The summed E-state index contributed by atoms with van der Waals surface area (Å²) in [7, 11) is 0. The van der Waals surface area contributed by atoms with Crippen LogP contribution in [-0.4, -0.2) is 32.1 Å². The Morgan fingerprint density at radius 2 is 2.04 bits per heavy atom. The average molecular weight is 373 g/mol. The fourth-order valence-electron chi connectivity index (χ4n) is 3.70. The van der Waals surface area contributed by atoms with Gasteiger partial charge in [0.2, 0.25) is 17.6 Å². The number of hydrogen-bond acceptors (Lipinski definition) is 5. The van der Waals surface area contributed by atoms with Gasteiger partial charge in [0.1, 0.15) is 0 Å². The number of rotatable bonds is 4. The van der Waals surface area contributed by atoms with Crippen molar-refractivity contribution in [2.75, 3.05) is 11.4 Å². The number of carbonyl (C=O) groups excluding carboxylic acids is 1. The van der Waals surface area contributed by atoms with E-state index in [0.29, 0.717) is 24.7 Å². The second-order valence-electron chi connectivity index (χ2n) is 6.93. The van der Waals surface area contributed by atoms with Crippen molar-refractivity contribution in [3.8, 4) is 11.4 Å². The lowest BCUT2D eigenvalue weighted by Gasteiger charge is -2.15. The molecule has 0 spiro atoms. The first-order chi connectivity index (χ1) is 13.7. The first-order valence-electron chi connectivity index (χ1n) is 9.37. The van der Waals surface area contributed by atoms with Crippen LogP contribution in [0.2, 0.25) is 0 Å². The molecule has 5 rings (SSSR count). The molecule has 1 amide bonds. The van der Waals surface area contributed by atoms with E-state index in [-0.39, 0.29) is 11.8 Å². The SMILES string of the molecule is CCn1cnc2cc(-c3noc(C4CC(=O)N(c5ccccc5)C4)n3)ccc21. The van der Waals surface area contributed by atoms with E-state index < -0.39 is 0 Å². The molecule has 0 saturated carbocycles. The number of imidazole rings is 1. The molecule has 7 heteroatoms. The van der Waals surface area contributed by atoms with Gasteiger partial charge in [-0.25, -0.2) is 4.98 Å². The first kappa shape index (κ1) is 16.7. The van der Waals surface area contributed by atoms with E-state index in [9.17, 15) is 4.79 Å². The number of fused-ring (bicyclic) bond motifs is 1. The van der Waals surface area contributed by atoms with Crippen LogP contribution in [0.5, 0.6) is 0 Å². The van der Waals surface area contributed by atoms with Gasteiger partial charge in [-0.1, -0.05) is 23.4 Å². The van der Waals surface area contributed by atoms with Crippen molar-refractivity contribution in [1.82, 2.24) is 19.7 Å². The van der Waals surface area contributed by atoms with Gasteiger partial charge < -0.3 is 14.0 Å². The quantitative estimate of drug-likeness (QED) is 0.546. The number of para-hydroxylation sites is 1. The molecule has 1 unspecified atom stereocenters. The Morgan fingerprint density at radius 1 is 1.18 bits per heavy atom. The average Bonchev–Trinajstić information content (AvgIpc) is 3.46. The fourth-order valence-corrected chi connectivity index (χ4v) is 3.70. The van der Waals surface area contributed by atoms with Gasteiger partial charge in [-0.05, 0) is 37.3 Å². The summed E-state index contributed by atoms with van der Waals surface area (Å²) in [6.45, 7) is 3.50. The molecular weight excluding hydrogens is 354 g/mol. The van der Waals surface area contributed by atoms with Gasteiger partial charge in [-0.2, -0.15) is 4.98 Å². The van der Waals surface area contributed by atoms with E-state index >= 15 is 0 Å². The zero-order valence-corrected chi connectivity index (χ0v) is 15.4. The molecule has 0 aliphatic carbocycles. The van der Waals surface area contributed by atoms with Crippen LogP contribution in [0.3, 0.4) is 0 Å². The van der Waals surface area contributed by atoms with Crippen molar-refractivity contribution in [3.05, 3.63) is 60.7 Å². The Labute approximate surface area is 161 Å². The summed E-state index contributed by atoms with van der Waals surface area (Å²) in [5.41, 5.74) is 3.73. The lowest BCUT2D eigenvalue weighted by molar-refractivity contribution is -0.117. The third-order valence-corrected chi connectivity index (χ3v) is 5.20. The molecular formula is C21H19N5O2. The summed E-state index contributed by atoms with van der Waals surface area (Å²) < 4.78 is 7.59. The van der Waals surface area contributed by atoms with Gasteiger partial charge in [0, 0.05) is 30.8 Å². The number of amides is 1. The number of hydrogen-bond donors (Lipinski definition) is 0. The van der Waals surface area contributed by atoms with Gasteiger partial charge in [0.25, 0.3) is 0 Å². The molecule has 4 aromatic rings. The molecule has 28 heavy (non-hydrogen) atoms. The molecule has 140 valence electrons. The topological polar surface area (TPSA) is 77.0 Å². The number of nitrogens with zero attached hydrogens (tertiary/aromatic N) is 5. The third-order valence-electron chi connectivity index (χ3n) is 5.20. The molecule has 7 nitrogen and oxygen atoms in total. The van der Waals surface area contributed by atoms with E-state index in [0.717, 1.165) is 28.8 Å². The molecule has 0 radical (unpaired) electrons. The second-order valence-corrected chi connectivity index (χ2v) is 6.93. The van der Waals surface area contributed by atoms with Crippen LogP contribution in [0, 0.1) is 0 Å². The predicted octanol–water partition coefficient (Wildman–Crippen LogP) is 3.63. The lowest BCUT2D eigenvalue weighted by atomic mass is 10.1. The Kier molecular flexibility index (Phi) is 3.93. The first-order valence-corrected chi connectivity index (χ1v) is 9.37. The molecule has 0 bridgehead atoms. The molecule has 1 aliphatic rings. The number of carbonyl (C=O) groups is 1. The van der Waals surface area contributed by atoms with E-state index in [1.807, 2.05) is 54.9 Å². The minimum absolute atomic E-state index is 0.0717. The van der Waals surface area contributed by atoms with Gasteiger partial charge in [-0.3, -0.25) is 4.79 Å². The normalized spacial score (nSPS) is 17.0. The van der Waals surface area contributed by atoms with E-state index in [1.54, 1.807) is 4.90 Å². The largest absolute Gasteiger partial charge is 0.339 e. The maximum atomic E-state index is 12.4. The highest BCUT2D eigenvalue weighted by Gasteiger charge is 2.35. The Hall–Kier alpha value is -3.48. The molecule has 2 aromatic heterocycles. The van der Waals surface area contributed by atoms with Crippen molar-refractivity contribution >= 4 is 22.6 Å². The zero-order valence-electron chi connectivity index (χ0n) is 15.4. The highest BCUT2D eigenvalue weighted by Crippen LogP contribution is 2.32. The number of aromatic nitrogens is 4. The summed E-state index contributed by atoms with van der Waals surface area (Å²) in [5, 5.41) is 4.14. The minimum Gasteiger partial charge on any atom is -0.339 e. The van der Waals surface area contributed by atoms with E-state index in [4.69, 9.17) is 4.52 Å². The molecule has 1 saturated heterocycles. The van der Waals surface area contributed by atoms with Crippen LogP contribution in [0.15, 0.2) is 59.4 Å². The minimum atomic E-state index is -0.100. The van der Waals surface area contributed by atoms with E-state index in [2.05, 4.69) is 26.6 Å². The smallest absolute Gasteiger partial charge is 0.232 e. The maximum Gasteiger partial charge on any atom is 0.232 e. The summed E-state index contributed by atoms with van der Waals surface area (Å²) in [6.07, 6.45) is 2.20. The fraction of sp³-hybridized carbons (Fsp3) is 0.238. The van der Waals surface area contributed by atoms with Crippen LogP contribution >= 0.6 is 0 Å². The van der Waals surface area contributed by atoms with Gasteiger partial charge in [0.05, 0.1) is 23.3 Å². The van der Waals surface area contributed by atoms with Crippen LogP contribution in [0.4, 0.5) is 5.69 Å². The monoisotopic (exact) mass is 373 g/mol. The Balaban J connectivity index is 1.40. The van der Waals surface area contributed by atoms with Crippen LogP contribution in [-0.2, 0) is 11.3 Å². The van der Waals surface area contributed by atoms with Crippen molar-refractivity contribution < 1.29 is 9.32 Å². The molecule has 1 fully saturated rings. The van der Waals surface area contributed by atoms with Crippen molar-refractivity contribution in [2.24, 2.45) is 0 Å². The van der Waals surface area contributed by atoms with Crippen molar-refractivity contribution in [2.45, 2.75) is 25.8 Å². The van der Waals surface area contributed by atoms with Crippen LogP contribution in [0.25, 0.3) is 22.4 Å². The molecule has 1 atom stereocenters. The highest BCUT2D eigenvalue weighted by molar-refractivity contribution is 5.96. The number of benzene rings is 2. The molecule has 2 aromatic carbocycles. The van der Waals surface area contributed by atoms with Crippen molar-refractivity contribution in [1.29, 1.82) is 0 Å². The second kappa shape index (κ2) is 6.60. The standard InChI is InChI=1S/C21H19N5O2/c1-2-25-13-22-17-10-14(8-9-18(17)25)20-23-21(28-24-20)15-11-19(27)26(12-15)16-6-4-3-5-7-16/h3-10,13,15H,2,11-12H2,1H3. The number of anilines is 1. The van der Waals surface area contributed by atoms with Gasteiger partial charge >= 0.3 is 0 Å². The summed E-state index contributed by atoms with van der Waals surface area (Å²) in [5.74, 6) is 0.994. The predicted molar refractivity (Wildman–Crippen MR) is 105 cm³/mol. The van der Waals surface area contributed by atoms with E-state index in [1.165, 1.54) is 0 Å². The molecule has 3 heterocycles. The highest BCUT2D eigenvalue weighted by atomic mass is 16.5. The maximum absolute atomic E-state index is 12.4. The Morgan fingerprint density at radius 3 is 2.86 bits per heavy atom. The van der Waals surface area contributed by atoms with Gasteiger partial charge in [0.15, 0.2) is 0 Å². The van der Waals surface area contributed by atoms with Crippen LogP contribution < -0.4 is 4.90 Å². The molecule has 0 N–H and O–H groups in total.